The second-order valence-corrected chi connectivity index (χ2v) is 4.05. The Morgan fingerprint density at radius 1 is 1.46 bits per heavy atom. The smallest absolute Gasteiger partial charge is 0.328 e. The highest BCUT2D eigenvalue weighted by Gasteiger charge is 2.31. The summed E-state index contributed by atoms with van der Waals surface area (Å²) in [7, 11) is -4.49. The molecule has 0 aliphatic carbocycles. The Balaban J connectivity index is 4.31. The van der Waals surface area contributed by atoms with Crippen LogP contribution in [-0.2, 0) is 9.36 Å². The molecule has 9 heteroatoms. The van der Waals surface area contributed by atoms with Gasteiger partial charge in [-0.3, -0.25) is 9.36 Å². The first-order valence-corrected chi connectivity index (χ1v) is 4.92. The number of aliphatic hydroxyl groups excluding tert-OH is 1. The number of hydroxylamine groups is 1. The highest BCUT2D eigenvalue weighted by molar-refractivity contribution is 7.51. The lowest BCUT2D eigenvalue weighted by Crippen LogP contribution is -2.46. The SMILES string of the molecule is O=C(O)[C@@H](NO)C(O)CP(=O)(O)O. The Kier molecular flexibility index (Phi) is 4.48. The van der Waals surface area contributed by atoms with Gasteiger partial charge in [0.2, 0.25) is 0 Å². The quantitative estimate of drug-likeness (QED) is 0.227. The van der Waals surface area contributed by atoms with Crippen molar-refractivity contribution in [3.05, 3.63) is 0 Å². The predicted octanol–water partition coefficient (Wildman–Crippen LogP) is -2.04. The zero-order chi connectivity index (χ0) is 10.6. The first kappa shape index (κ1) is 12.5. The van der Waals surface area contributed by atoms with E-state index in [0.29, 0.717) is 0 Å². The summed E-state index contributed by atoms with van der Waals surface area (Å²) in [6.45, 7) is 0. The van der Waals surface area contributed by atoms with Crippen molar-refractivity contribution in [3.63, 3.8) is 0 Å². The van der Waals surface area contributed by atoms with Crippen molar-refractivity contribution in [2.24, 2.45) is 0 Å². The van der Waals surface area contributed by atoms with Gasteiger partial charge in [0.15, 0.2) is 6.04 Å². The molecule has 6 N–H and O–H groups in total. The minimum absolute atomic E-state index is 1.03. The molecule has 0 aliphatic heterocycles. The summed E-state index contributed by atoms with van der Waals surface area (Å²) in [6.07, 6.45) is -2.89. The summed E-state index contributed by atoms with van der Waals surface area (Å²) < 4.78 is 10.3. The van der Waals surface area contributed by atoms with Crippen molar-refractivity contribution in [2.75, 3.05) is 6.16 Å². The predicted molar refractivity (Wildman–Crippen MR) is 39.3 cm³/mol. The van der Waals surface area contributed by atoms with Gasteiger partial charge in [-0.15, -0.1) is 0 Å². The molecule has 78 valence electrons. The fraction of sp³-hybridized carbons (Fsp3) is 0.750. The molecule has 0 heterocycles. The summed E-state index contributed by atoms with van der Waals surface area (Å²) in [6, 6.07) is -1.81. The number of rotatable bonds is 5. The maximum atomic E-state index is 10.3. The van der Waals surface area contributed by atoms with Crippen LogP contribution in [0.15, 0.2) is 0 Å². The second-order valence-electron chi connectivity index (χ2n) is 2.36. The Hall–Kier alpha value is -0.500. The van der Waals surface area contributed by atoms with Crippen LogP contribution in [0.3, 0.4) is 0 Å². The zero-order valence-electron chi connectivity index (χ0n) is 6.36. The molecule has 0 fully saturated rings. The van der Waals surface area contributed by atoms with E-state index in [1.165, 1.54) is 5.48 Å². The van der Waals surface area contributed by atoms with Crippen molar-refractivity contribution in [1.82, 2.24) is 5.48 Å². The van der Waals surface area contributed by atoms with E-state index < -0.39 is 31.9 Å². The number of carboxylic acid groups (broad SMARTS) is 1. The fourth-order valence-corrected chi connectivity index (χ4v) is 1.35. The molecule has 0 aromatic carbocycles. The standard InChI is InChI=1S/C4H10NO7P/c6-2(1-13(10,11)12)3(5-9)4(7)8/h2-3,5-6,9H,1H2,(H,7,8)(H2,10,11,12)/t2?,3-/m0/s1. The van der Waals surface area contributed by atoms with Crippen molar-refractivity contribution in [1.29, 1.82) is 0 Å². The van der Waals surface area contributed by atoms with Crippen LogP contribution in [0.1, 0.15) is 0 Å². The second kappa shape index (κ2) is 4.66. The lowest BCUT2D eigenvalue weighted by molar-refractivity contribution is -0.145. The Morgan fingerprint density at radius 3 is 2.15 bits per heavy atom. The lowest BCUT2D eigenvalue weighted by Gasteiger charge is -2.17. The Morgan fingerprint density at radius 2 is 1.92 bits per heavy atom. The summed E-state index contributed by atoms with van der Waals surface area (Å²) in [5.41, 5.74) is 1.23. The van der Waals surface area contributed by atoms with Crippen LogP contribution in [-0.4, -0.2) is 49.5 Å². The van der Waals surface area contributed by atoms with E-state index in [4.69, 9.17) is 25.2 Å². The average molecular weight is 215 g/mol. The molecular weight excluding hydrogens is 205 g/mol. The first-order valence-electron chi connectivity index (χ1n) is 3.13. The van der Waals surface area contributed by atoms with Crippen LogP contribution in [0, 0.1) is 0 Å². The third kappa shape index (κ3) is 4.94. The van der Waals surface area contributed by atoms with Crippen LogP contribution >= 0.6 is 7.60 Å². The van der Waals surface area contributed by atoms with Gasteiger partial charge < -0.3 is 25.2 Å². The first-order chi connectivity index (χ1) is 5.78. The number of carbonyl (C=O) groups is 1. The molecule has 0 aliphatic rings. The van der Waals surface area contributed by atoms with Gasteiger partial charge in [0.05, 0.1) is 12.3 Å². The molecule has 0 bridgehead atoms. The van der Waals surface area contributed by atoms with Gasteiger partial charge in [-0.2, -0.15) is 5.48 Å². The highest BCUT2D eigenvalue weighted by Crippen LogP contribution is 2.35. The molecule has 8 nitrogen and oxygen atoms in total. The largest absolute Gasteiger partial charge is 0.480 e. The number of nitrogens with one attached hydrogen (secondary N) is 1. The molecule has 0 aromatic heterocycles. The van der Waals surface area contributed by atoms with Gasteiger partial charge in [-0.05, 0) is 0 Å². The molecular formula is C4H10NO7P. The van der Waals surface area contributed by atoms with Gasteiger partial charge in [-0.1, -0.05) is 0 Å². The van der Waals surface area contributed by atoms with Gasteiger partial charge in [-0.25, -0.2) is 0 Å². The van der Waals surface area contributed by atoms with E-state index in [9.17, 15) is 9.36 Å². The molecule has 0 spiro atoms. The summed E-state index contributed by atoms with van der Waals surface area (Å²) in [5.74, 6) is -1.61. The molecule has 0 saturated heterocycles. The number of carboxylic acids is 1. The third-order valence-corrected chi connectivity index (χ3v) is 2.06. The molecule has 0 radical (unpaired) electrons. The molecule has 0 amide bonds. The summed E-state index contributed by atoms with van der Waals surface area (Å²) in [4.78, 5) is 26.9. The molecule has 1 unspecified atom stereocenters. The van der Waals surface area contributed by atoms with E-state index in [2.05, 4.69) is 0 Å². The van der Waals surface area contributed by atoms with Crippen molar-refractivity contribution in [2.45, 2.75) is 12.1 Å². The van der Waals surface area contributed by atoms with Crippen molar-refractivity contribution < 1.29 is 34.6 Å². The summed E-state index contributed by atoms with van der Waals surface area (Å²) in [5, 5.41) is 25.4. The van der Waals surface area contributed by atoms with Gasteiger partial charge in [0, 0.05) is 0 Å². The van der Waals surface area contributed by atoms with Crippen LogP contribution in [0.25, 0.3) is 0 Å². The number of hydrogen-bond acceptors (Lipinski definition) is 5. The average Bonchev–Trinajstić information content (AvgIpc) is 1.82. The number of hydrogen-bond donors (Lipinski definition) is 6. The van der Waals surface area contributed by atoms with Crippen molar-refractivity contribution >= 4 is 13.6 Å². The number of aliphatic hydroxyl groups is 1. The number of aliphatic carboxylic acids is 1. The molecule has 0 aromatic rings. The van der Waals surface area contributed by atoms with Crippen LogP contribution in [0.2, 0.25) is 0 Å². The van der Waals surface area contributed by atoms with Crippen LogP contribution in [0.5, 0.6) is 0 Å². The van der Waals surface area contributed by atoms with Gasteiger partial charge >= 0.3 is 13.6 Å². The van der Waals surface area contributed by atoms with E-state index in [1.807, 2.05) is 0 Å². The van der Waals surface area contributed by atoms with E-state index in [0.717, 1.165) is 0 Å². The van der Waals surface area contributed by atoms with Crippen LogP contribution in [0.4, 0.5) is 0 Å². The highest BCUT2D eigenvalue weighted by atomic mass is 31.2. The summed E-state index contributed by atoms with van der Waals surface area (Å²) >= 11 is 0. The minimum atomic E-state index is -4.49. The van der Waals surface area contributed by atoms with E-state index in [-0.39, 0.29) is 0 Å². The Bertz CT molecular complexity index is 225. The molecule has 2 atom stereocenters. The monoisotopic (exact) mass is 215 g/mol. The van der Waals surface area contributed by atoms with E-state index >= 15 is 0 Å². The molecule has 0 saturated carbocycles. The fourth-order valence-electron chi connectivity index (χ4n) is 0.655. The minimum Gasteiger partial charge on any atom is -0.480 e. The van der Waals surface area contributed by atoms with Crippen LogP contribution < -0.4 is 5.48 Å². The van der Waals surface area contributed by atoms with E-state index in [1.54, 1.807) is 0 Å². The topological polar surface area (TPSA) is 147 Å². The molecule has 13 heavy (non-hydrogen) atoms. The Labute approximate surface area is 72.9 Å². The van der Waals surface area contributed by atoms with Gasteiger partial charge in [0.1, 0.15) is 0 Å². The normalized spacial score (nSPS) is 16.6. The molecule has 0 rings (SSSR count). The van der Waals surface area contributed by atoms with Gasteiger partial charge in [0.25, 0.3) is 0 Å². The van der Waals surface area contributed by atoms with Crippen molar-refractivity contribution in [3.8, 4) is 0 Å². The lowest BCUT2D eigenvalue weighted by atomic mass is 10.2. The third-order valence-electron chi connectivity index (χ3n) is 1.21. The zero-order valence-corrected chi connectivity index (χ0v) is 7.26. The maximum Gasteiger partial charge on any atom is 0.328 e. The maximum absolute atomic E-state index is 10.3.